The molecule has 5 N–H and O–H groups in total. The fourth-order valence-corrected chi connectivity index (χ4v) is 2.43. The summed E-state index contributed by atoms with van der Waals surface area (Å²) >= 11 is 0. The largest absolute Gasteiger partial charge is 0.479 e. The van der Waals surface area contributed by atoms with Crippen molar-refractivity contribution in [1.82, 2.24) is 10.6 Å². The second kappa shape index (κ2) is 8.80. The van der Waals surface area contributed by atoms with Crippen molar-refractivity contribution < 1.29 is 34.5 Å². The van der Waals surface area contributed by atoms with E-state index in [1.165, 1.54) is 20.8 Å². The van der Waals surface area contributed by atoms with Gasteiger partial charge in [-0.1, -0.05) is 27.7 Å². The van der Waals surface area contributed by atoms with Gasteiger partial charge in [-0.25, -0.2) is 9.59 Å². The van der Waals surface area contributed by atoms with Crippen LogP contribution >= 0.6 is 0 Å². The van der Waals surface area contributed by atoms with E-state index >= 15 is 0 Å². The van der Waals surface area contributed by atoms with Gasteiger partial charge in [-0.15, -0.1) is 0 Å². The number of rotatable bonds is 10. The highest BCUT2D eigenvalue weighted by molar-refractivity contribution is 6.01. The van der Waals surface area contributed by atoms with Crippen LogP contribution in [0.25, 0.3) is 0 Å². The zero-order chi connectivity index (χ0) is 20.0. The number of carbonyl (C=O) groups excluding carboxylic acids is 2. The van der Waals surface area contributed by atoms with Crippen molar-refractivity contribution >= 4 is 23.8 Å². The van der Waals surface area contributed by atoms with Gasteiger partial charge in [0.15, 0.2) is 0 Å². The van der Waals surface area contributed by atoms with E-state index in [0.717, 1.165) is 0 Å². The Morgan fingerprint density at radius 3 is 1.84 bits per heavy atom. The molecular weight excluding hydrogens is 332 g/mol. The van der Waals surface area contributed by atoms with E-state index in [4.69, 9.17) is 10.2 Å². The maximum Gasteiger partial charge on any atom is 0.338 e. The van der Waals surface area contributed by atoms with E-state index < -0.39 is 40.8 Å². The SMILES string of the molecule is CCC(C)(CC(C)(C)C(=O)NC(C(=O)O)C(=O)O)C(=O)NCC(C)O. The third kappa shape index (κ3) is 6.69. The molecule has 0 heterocycles. The van der Waals surface area contributed by atoms with E-state index in [-0.39, 0.29) is 18.9 Å². The molecule has 9 heteroatoms. The monoisotopic (exact) mass is 360 g/mol. The molecule has 25 heavy (non-hydrogen) atoms. The number of amides is 2. The Morgan fingerprint density at radius 2 is 1.48 bits per heavy atom. The van der Waals surface area contributed by atoms with E-state index in [0.29, 0.717) is 6.42 Å². The van der Waals surface area contributed by atoms with Crippen LogP contribution in [0.15, 0.2) is 0 Å². The van der Waals surface area contributed by atoms with Crippen LogP contribution in [0.5, 0.6) is 0 Å². The van der Waals surface area contributed by atoms with Crippen LogP contribution < -0.4 is 10.6 Å². The summed E-state index contributed by atoms with van der Waals surface area (Å²) in [7, 11) is 0. The van der Waals surface area contributed by atoms with Gasteiger partial charge in [-0.3, -0.25) is 9.59 Å². The molecule has 0 radical (unpaired) electrons. The molecule has 0 aliphatic carbocycles. The van der Waals surface area contributed by atoms with E-state index in [2.05, 4.69) is 5.32 Å². The normalized spacial score (nSPS) is 15.2. The molecule has 0 bridgehead atoms. The van der Waals surface area contributed by atoms with E-state index in [9.17, 15) is 24.3 Å². The van der Waals surface area contributed by atoms with Gasteiger partial charge in [0, 0.05) is 17.4 Å². The first-order valence-electron chi connectivity index (χ1n) is 7.99. The van der Waals surface area contributed by atoms with Gasteiger partial charge >= 0.3 is 11.9 Å². The van der Waals surface area contributed by atoms with Gasteiger partial charge in [0.2, 0.25) is 17.9 Å². The molecule has 0 spiro atoms. The number of hydrogen-bond acceptors (Lipinski definition) is 5. The summed E-state index contributed by atoms with van der Waals surface area (Å²) in [6, 6.07) is -2.05. The summed E-state index contributed by atoms with van der Waals surface area (Å²) in [5.74, 6) is -4.47. The van der Waals surface area contributed by atoms with E-state index in [1.807, 2.05) is 5.32 Å². The summed E-state index contributed by atoms with van der Waals surface area (Å²) in [6.07, 6.45) is -0.246. The summed E-state index contributed by atoms with van der Waals surface area (Å²) in [5.41, 5.74) is -2.13. The molecule has 9 nitrogen and oxygen atoms in total. The van der Waals surface area contributed by atoms with Gasteiger partial charge < -0.3 is 26.0 Å². The lowest BCUT2D eigenvalue weighted by Gasteiger charge is -2.35. The first-order valence-corrected chi connectivity index (χ1v) is 7.99. The molecule has 0 aromatic heterocycles. The molecule has 2 amide bonds. The van der Waals surface area contributed by atoms with Crippen molar-refractivity contribution in [2.75, 3.05) is 6.54 Å². The molecule has 0 fully saturated rings. The molecule has 144 valence electrons. The Kier molecular flexibility index (Phi) is 8.04. The molecule has 2 unspecified atom stereocenters. The first kappa shape index (κ1) is 22.8. The molecule has 0 aliphatic rings. The molecule has 0 aromatic carbocycles. The molecule has 0 saturated heterocycles. The molecular formula is C16H28N2O7. The number of aliphatic hydroxyl groups is 1. The number of carbonyl (C=O) groups is 4. The van der Waals surface area contributed by atoms with Crippen molar-refractivity contribution in [2.24, 2.45) is 10.8 Å². The Labute approximate surface area is 146 Å². The van der Waals surface area contributed by atoms with Crippen LogP contribution in [-0.2, 0) is 19.2 Å². The predicted molar refractivity (Wildman–Crippen MR) is 88.7 cm³/mol. The minimum atomic E-state index is -2.05. The van der Waals surface area contributed by atoms with Crippen LogP contribution in [-0.4, -0.2) is 57.8 Å². The van der Waals surface area contributed by atoms with Crippen molar-refractivity contribution in [3.8, 4) is 0 Å². The summed E-state index contributed by atoms with van der Waals surface area (Å²) in [4.78, 5) is 46.6. The van der Waals surface area contributed by atoms with Crippen LogP contribution in [0.2, 0.25) is 0 Å². The van der Waals surface area contributed by atoms with Gasteiger partial charge in [-0.2, -0.15) is 0 Å². The summed E-state index contributed by atoms with van der Waals surface area (Å²) in [5, 5.41) is 31.6. The predicted octanol–water partition coefficient (Wildman–Crippen LogP) is -0.0300. The first-order chi connectivity index (χ1) is 11.3. The maximum atomic E-state index is 12.4. The maximum absolute atomic E-state index is 12.4. The average Bonchev–Trinajstić information content (AvgIpc) is 2.48. The molecule has 0 saturated carbocycles. The zero-order valence-corrected chi connectivity index (χ0v) is 15.3. The Balaban J connectivity index is 5.22. The number of aliphatic hydroxyl groups excluding tert-OH is 1. The number of carboxylic acids is 2. The lowest BCUT2D eigenvalue weighted by atomic mass is 9.71. The standard InChI is InChI=1S/C16H28N2O7/c1-6-16(5,14(25)17-7-9(2)19)8-15(3,4)13(24)18-10(11(20)21)12(22)23/h9-10,19H,6-8H2,1-5H3,(H,17,25)(H,18,24)(H,20,21)(H,22,23). The number of aliphatic carboxylic acids is 2. The second-order valence-corrected chi connectivity index (χ2v) is 7.12. The number of carboxylic acid groups (broad SMARTS) is 2. The molecule has 2 atom stereocenters. The Morgan fingerprint density at radius 1 is 1.00 bits per heavy atom. The van der Waals surface area contributed by atoms with Gasteiger partial charge in [0.25, 0.3) is 0 Å². The minimum Gasteiger partial charge on any atom is -0.479 e. The topological polar surface area (TPSA) is 153 Å². The van der Waals surface area contributed by atoms with Gasteiger partial charge in [0.1, 0.15) is 0 Å². The summed E-state index contributed by atoms with van der Waals surface area (Å²) < 4.78 is 0. The third-order valence-corrected chi connectivity index (χ3v) is 4.10. The van der Waals surface area contributed by atoms with Gasteiger partial charge in [0.05, 0.1) is 6.10 Å². The van der Waals surface area contributed by atoms with Crippen molar-refractivity contribution in [3.05, 3.63) is 0 Å². The highest BCUT2D eigenvalue weighted by Crippen LogP contribution is 2.37. The van der Waals surface area contributed by atoms with E-state index in [1.54, 1.807) is 13.8 Å². The average molecular weight is 360 g/mol. The Bertz CT molecular complexity index is 517. The zero-order valence-electron chi connectivity index (χ0n) is 15.3. The summed E-state index contributed by atoms with van der Waals surface area (Å²) in [6.45, 7) is 8.05. The van der Waals surface area contributed by atoms with Crippen LogP contribution in [0, 0.1) is 10.8 Å². The number of nitrogens with one attached hydrogen (secondary N) is 2. The minimum absolute atomic E-state index is 0.0694. The number of hydrogen-bond donors (Lipinski definition) is 5. The highest BCUT2D eigenvalue weighted by Gasteiger charge is 2.42. The van der Waals surface area contributed by atoms with Crippen molar-refractivity contribution in [3.63, 3.8) is 0 Å². The van der Waals surface area contributed by atoms with Crippen LogP contribution in [0.1, 0.15) is 47.5 Å². The Hall–Kier alpha value is -2.16. The van der Waals surface area contributed by atoms with Crippen molar-refractivity contribution in [2.45, 2.75) is 59.6 Å². The quantitative estimate of drug-likeness (QED) is 0.343. The third-order valence-electron chi connectivity index (χ3n) is 4.10. The molecule has 0 aliphatic heterocycles. The fourth-order valence-electron chi connectivity index (χ4n) is 2.43. The van der Waals surface area contributed by atoms with Gasteiger partial charge in [-0.05, 0) is 19.8 Å². The van der Waals surface area contributed by atoms with Crippen LogP contribution in [0.4, 0.5) is 0 Å². The molecule has 0 rings (SSSR count). The highest BCUT2D eigenvalue weighted by atomic mass is 16.4. The fraction of sp³-hybridized carbons (Fsp3) is 0.750. The lowest BCUT2D eigenvalue weighted by molar-refractivity contribution is -0.155. The second-order valence-electron chi connectivity index (χ2n) is 7.12. The van der Waals surface area contributed by atoms with Crippen LogP contribution in [0.3, 0.4) is 0 Å². The van der Waals surface area contributed by atoms with Crippen molar-refractivity contribution in [1.29, 1.82) is 0 Å². The smallest absolute Gasteiger partial charge is 0.338 e. The lowest BCUT2D eigenvalue weighted by Crippen LogP contribution is -2.52. The molecule has 0 aromatic rings.